The van der Waals surface area contributed by atoms with Gasteiger partial charge < -0.3 is 10.2 Å². The van der Waals surface area contributed by atoms with Gasteiger partial charge in [0, 0.05) is 22.7 Å². The predicted molar refractivity (Wildman–Crippen MR) is 110 cm³/mol. The van der Waals surface area contributed by atoms with Gasteiger partial charge in [0.15, 0.2) is 6.54 Å². The Morgan fingerprint density at radius 3 is 2.32 bits per heavy atom. The summed E-state index contributed by atoms with van der Waals surface area (Å²) in [6.07, 6.45) is 7.98. The largest absolute Gasteiger partial charge is 0.333 e. The van der Waals surface area contributed by atoms with Gasteiger partial charge >= 0.3 is 0 Å². The van der Waals surface area contributed by atoms with Gasteiger partial charge in [0.1, 0.15) is 6.04 Å². The number of amides is 1. The topological polar surface area (TPSA) is 60.7 Å². The minimum Gasteiger partial charge on any atom is -0.333 e. The molecule has 4 aliphatic carbocycles. The van der Waals surface area contributed by atoms with E-state index in [-0.39, 0.29) is 17.5 Å². The number of nitrogens with zero attached hydrogens (tertiary/aromatic N) is 2. The molecule has 1 aromatic rings. The number of nitrogens with two attached hydrogens (primary N) is 1. The Labute approximate surface area is 173 Å². The minimum atomic E-state index is 0.0278. The molecule has 0 saturated heterocycles. The Morgan fingerprint density at radius 2 is 1.79 bits per heavy atom. The molecule has 0 radical (unpaired) electrons. The van der Waals surface area contributed by atoms with Gasteiger partial charge in [-0.05, 0) is 75.3 Å². The molecule has 5 rings (SSSR count). The standard InChI is InChI=1S/C23H30ClN3O/c1-16(20-3-5-21(24)6-4-20)26-15-22(28)27(8-2-7-25)23-12-17-9-18(13-23)11-19(10-17)14-23/h3-6,16-19,26H,2,8-15H2,1H3/p+1/t16-,17?,18?,19?,23?/m0/s1. The van der Waals surface area contributed by atoms with E-state index in [1.54, 1.807) is 0 Å². The number of halogens is 1. The molecule has 1 atom stereocenters. The molecule has 0 aromatic heterocycles. The first-order valence-electron chi connectivity index (χ1n) is 10.8. The molecule has 0 heterocycles. The second-order valence-electron chi connectivity index (χ2n) is 9.38. The van der Waals surface area contributed by atoms with Crippen molar-refractivity contribution in [1.82, 2.24) is 4.90 Å². The Bertz CT molecular complexity index is 719. The maximum atomic E-state index is 13.3. The smallest absolute Gasteiger partial charge is 0.278 e. The third-order valence-electron chi connectivity index (χ3n) is 7.37. The Hall–Kier alpha value is -1.57. The van der Waals surface area contributed by atoms with E-state index in [1.807, 2.05) is 24.3 Å². The number of nitriles is 1. The van der Waals surface area contributed by atoms with Gasteiger partial charge in [-0.2, -0.15) is 5.26 Å². The number of quaternary nitrogens is 1. The van der Waals surface area contributed by atoms with E-state index in [4.69, 9.17) is 16.9 Å². The van der Waals surface area contributed by atoms with E-state index >= 15 is 0 Å². The first kappa shape index (κ1) is 19.7. The predicted octanol–water partition coefficient (Wildman–Crippen LogP) is 3.68. The average Bonchev–Trinajstić information content (AvgIpc) is 2.65. The third-order valence-corrected chi connectivity index (χ3v) is 7.62. The molecular weight excluding hydrogens is 370 g/mol. The molecule has 1 aromatic carbocycles. The van der Waals surface area contributed by atoms with Crippen molar-refractivity contribution in [3.8, 4) is 6.07 Å². The fourth-order valence-electron chi connectivity index (χ4n) is 6.47. The second-order valence-corrected chi connectivity index (χ2v) is 9.81. The third kappa shape index (κ3) is 3.93. The molecule has 28 heavy (non-hydrogen) atoms. The second kappa shape index (κ2) is 8.05. The summed E-state index contributed by atoms with van der Waals surface area (Å²) in [6, 6.07) is 10.3. The van der Waals surface area contributed by atoms with E-state index in [2.05, 4.69) is 23.2 Å². The van der Waals surface area contributed by atoms with Crippen LogP contribution in [0.5, 0.6) is 0 Å². The van der Waals surface area contributed by atoms with Crippen molar-refractivity contribution < 1.29 is 10.1 Å². The van der Waals surface area contributed by atoms with Crippen LogP contribution >= 0.6 is 11.6 Å². The zero-order valence-corrected chi connectivity index (χ0v) is 17.5. The molecule has 4 fully saturated rings. The van der Waals surface area contributed by atoms with Crippen LogP contribution < -0.4 is 5.32 Å². The van der Waals surface area contributed by atoms with Crippen LogP contribution in [0.4, 0.5) is 0 Å². The fraction of sp³-hybridized carbons (Fsp3) is 0.652. The molecule has 4 saturated carbocycles. The summed E-state index contributed by atoms with van der Waals surface area (Å²) in [7, 11) is 0. The molecule has 1 amide bonds. The van der Waals surface area contributed by atoms with Crippen LogP contribution in [-0.4, -0.2) is 29.4 Å². The van der Waals surface area contributed by atoms with Crippen LogP contribution in [0.3, 0.4) is 0 Å². The lowest BCUT2D eigenvalue weighted by Crippen LogP contribution is -2.87. The van der Waals surface area contributed by atoms with Crippen molar-refractivity contribution >= 4 is 17.5 Å². The van der Waals surface area contributed by atoms with Gasteiger partial charge in [-0.15, -0.1) is 0 Å². The molecule has 0 aliphatic heterocycles. The van der Waals surface area contributed by atoms with Gasteiger partial charge in [0.2, 0.25) is 0 Å². The number of benzene rings is 1. The van der Waals surface area contributed by atoms with Crippen LogP contribution in [0.15, 0.2) is 24.3 Å². The molecule has 4 aliphatic rings. The number of hydrogen-bond donors (Lipinski definition) is 1. The highest BCUT2D eigenvalue weighted by molar-refractivity contribution is 6.30. The zero-order chi connectivity index (χ0) is 19.7. The minimum absolute atomic E-state index is 0.0278. The van der Waals surface area contributed by atoms with E-state index < -0.39 is 0 Å². The van der Waals surface area contributed by atoms with Crippen LogP contribution in [0, 0.1) is 29.1 Å². The lowest BCUT2D eigenvalue weighted by Gasteiger charge is -2.60. The highest BCUT2D eigenvalue weighted by atomic mass is 35.5. The Morgan fingerprint density at radius 1 is 1.21 bits per heavy atom. The van der Waals surface area contributed by atoms with E-state index in [0.717, 1.165) is 42.0 Å². The maximum Gasteiger partial charge on any atom is 0.278 e. The zero-order valence-electron chi connectivity index (χ0n) is 16.7. The number of rotatable bonds is 7. The van der Waals surface area contributed by atoms with Gasteiger partial charge in [0.25, 0.3) is 5.91 Å². The summed E-state index contributed by atoms with van der Waals surface area (Å²) in [5.41, 5.74) is 1.20. The normalized spacial score (nSPS) is 31.4. The summed E-state index contributed by atoms with van der Waals surface area (Å²) in [5, 5.41) is 12.0. The van der Waals surface area contributed by atoms with Gasteiger partial charge in [-0.1, -0.05) is 23.7 Å². The maximum absolute atomic E-state index is 13.3. The van der Waals surface area contributed by atoms with Crippen LogP contribution in [-0.2, 0) is 4.79 Å². The molecule has 2 N–H and O–H groups in total. The van der Waals surface area contributed by atoms with Crippen molar-refractivity contribution in [1.29, 1.82) is 5.26 Å². The van der Waals surface area contributed by atoms with Gasteiger partial charge in [-0.3, -0.25) is 4.79 Å². The quantitative estimate of drug-likeness (QED) is 0.758. The van der Waals surface area contributed by atoms with E-state index in [9.17, 15) is 4.79 Å². The molecule has 0 spiro atoms. The Balaban J connectivity index is 1.44. The van der Waals surface area contributed by atoms with Crippen molar-refractivity contribution in [2.45, 2.75) is 63.5 Å². The number of carbonyl (C=O) groups is 1. The summed E-state index contributed by atoms with van der Waals surface area (Å²) < 4.78 is 0. The van der Waals surface area contributed by atoms with Crippen molar-refractivity contribution in [3.63, 3.8) is 0 Å². The van der Waals surface area contributed by atoms with Crippen molar-refractivity contribution in [3.05, 3.63) is 34.9 Å². The average molecular weight is 401 g/mol. The molecule has 150 valence electrons. The monoisotopic (exact) mass is 400 g/mol. The Kier molecular flexibility index (Phi) is 5.67. The van der Waals surface area contributed by atoms with Crippen LogP contribution in [0.25, 0.3) is 0 Å². The van der Waals surface area contributed by atoms with Gasteiger partial charge in [0.05, 0.1) is 12.5 Å². The molecule has 0 unspecified atom stereocenters. The SMILES string of the molecule is C[C@H]([NH2+]CC(=O)N(CCC#N)C12CC3CC(CC(C3)C1)C2)c1ccc(Cl)cc1. The van der Waals surface area contributed by atoms with Crippen molar-refractivity contribution in [2.75, 3.05) is 13.1 Å². The van der Waals surface area contributed by atoms with Crippen LogP contribution in [0.1, 0.15) is 63.5 Å². The first-order chi connectivity index (χ1) is 13.5. The molecular formula is C23H31ClN3O+. The number of carbonyl (C=O) groups excluding carboxylic acids is 1. The summed E-state index contributed by atoms with van der Waals surface area (Å²) in [5.74, 6) is 2.58. The highest BCUT2D eigenvalue weighted by Gasteiger charge is 2.54. The molecule has 5 heteroatoms. The van der Waals surface area contributed by atoms with Gasteiger partial charge in [-0.25, -0.2) is 0 Å². The highest BCUT2D eigenvalue weighted by Crippen LogP contribution is 2.57. The molecule has 4 nitrogen and oxygen atoms in total. The lowest BCUT2D eigenvalue weighted by molar-refractivity contribution is -0.683. The molecule has 4 bridgehead atoms. The summed E-state index contributed by atoms with van der Waals surface area (Å²) >= 11 is 5.99. The van der Waals surface area contributed by atoms with E-state index in [0.29, 0.717) is 19.5 Å². The lowest BCUT2D eigenvalue weighted by atomic mass is 9.52. The first-order valence-corrected chi connectivity index (χ1v) is 11.1. The summed E-state index contributed by atoms with van der Waals surface area (Å²) in [6.45, 7) is 3.16. The summed E-state index contributed by atoms with van der Waals surface area (Å²) in [4.78, 5) is 15.4. The van der Waals surface area contributed by atoms with E-state index in [1.165, 1.54) is 24.8 Å². The van der Waals surface area contributed by atoms with Crippen molar-refractivity contribution in [2.24, 2.45) is 17.8 Å². The van der Waals surface area contributed by atoms with Crippen LogP contribution in [0.2, 0.25) is 5.02 Å². The fourth-order valence-corrected chi connectivity index (χ4v) is 6.60. The number of hydrogen-bond acceptors (Lipinski definition) is 2.